The summed E-state index contributed by atoms with van der Waals surface area (Å²) in [5.74, 6) is 0.948. The van der Waals surface area contributed by atoms with Crippen molar-refractivity contribution in [3.05, 3.63) is 53.4 Å². The molecule has 3 aromatic rings. The molecule has 5 rings (SSSR count). The number of ether oxygens (including phenoxy) is 2. The fraction of sp³-hybridized carbons (Fsp3) is 0.304. The van der Waals surface area contributed by atoms with Crippen molar-refractivity contribution in [2.45, 2.75) is 36.6 Å². The van der Waals surface area contributed by atoms with E-state index in [0.717, 1.165) is 31.2 Å². The van der Waals surface area contributed by atoms with Crippen LogP contribution in [-0.2, 0) is 10.0 Å². The lowest BCUT2D eigenvalue weighted by molar-refractivity contribution is 0.102. The maximum atomic E-state index is 12.8. The summed E-state index contributed by atoms with van der Waals surface area (Å²) in [7, 11) is -3.68. The monoisotopic (exact) mass is 485 g/mol. The number of aromatic nitrogens is 1. The maximum absolute atomic E-state index is 12.8. The molecule has 0 radical (unpaired) electrons. The molecular formula is C23H23N3O5S2. The summed E-state index contributed by atoms with van der Waals surface area (Å²) in [5, 5.41) is 5.02. The smallest absolute Gasteiger partial charge is 0.257 e. The van der Waals surface area contributed by atoms with Crippen molar-refractivity contribution in [1.82, 2.24) is 9.71 Å². The minimum absolute atomic E-state index is 0.0400. The molecule has 8 nitrogen and oxygen atoms in total. The Hall–Kier alpha value is -2.95. The van der Waals surface area contributed by atoms with Crippen LogP contribution in [0.4, 0.5) is 5.13 Å². The third kappa shape index (κ3) is 4.87. The lowest BCUT2D eigenvalue weighted by atomic mass is 10.1. The van der Waals surface area contributed by atoms with E-state index in [1.165, 1.54) is 23.5 Å². The fourth-order valence-corrected chi connectivity index (χ4v) is 6.04. The molecule has 2 N–H and O–H groups in total. The standard InChI is InChI=1S/C23H23N3O5S2/c27-22(16-4-3-7-18(12-16)33(28,29)26-17-5-1-2-6-17)25-23-24-19(14-32-23)15-8-9-20-21(13-15)31-11-10-30-20/h3-4,7-9,12-14,17,26H,1-2,5-6,10-11H2,(H,24,25,27). The van der Waals surface area contributed by atoms with Gasteiger partial charge in [-0.05, 0) is 49.2 Å². The highest BCUT2D eigenvalue weighted by molar-refractivity contribution is 7.89. The molecule has 1 saturated carbocycles. The van der Waals surface area contributed by atoms with Gasteiger partial charge in [0, 0.05) is 22.5 Å². The van der Waals surface area contributed by atoms with E-state index in [9.17, 15) is 13.2 Å². The summed E-state index contributed by atoms with van der Waals surface area (Å²) in [6.45, 7) is 1.03. The van der Waals surface area contributed by atoms with E-state index in [2.05, 4.69) is 15.0 Å². The molecule has 1 amide bonds. The molecular weight excluding hydrogens is 462 g/mol. The number of benzene rings is 2. The SMILES string of the molecule is O=C(Nc1nc(-c2ccc3c(c2)OCCO3)cs1)c1cccc(S(=O)(=O)NC2CCCC2)c1. The van der Waals surface area contributed by atoms with Crippen molar-refractivity contribution >= 4 is 32.4 Å². The van der Waals surface area contributed by atoms with Gasteiger partial charge in [0.2, 0.25) is 10.0 Å². The number of amides is 1. The Morgan fingerprint density at radius 1 is 1.03 bits per heavy atom. The minimum atomic E-state index is -3.68. The Kier molecular flexibility index (Phi) is 6.05. The van der Waals surface area contributed by atoms with Crippen LogP contribution in [0.3, 0.4) is 0 Å². The highest BCUT2D eigenvalue weighted by Crippen LogP contribution is 2.35. The van der Waals surface area contributed by atoms with Crippen LogP contribution < -0.4 is 19.5 Å². The lowest BCUT2D eigenvalue weighted by Crippen LogP contribution is -2.32. The molecule has 1 aliphatic heterocycles. The molecule has 1 fully saturated rings. The number of nitrogens with one attached hydrogen (secondary N) is 2. The van der Waals surface area contributed by atoms with Gasteiger partial charge in [-0.2, -0.15) is 0 Å². The molecule has 1 aliphatic carbocycles. The van der Waals surface area contributed by atoms with E-state index in [0.29, 0.717) is 35.5 Å². The summed E-state index contributed by atoms with van der Waals surface area (Å²) in [5.41, 5.74) is 1.80. The first-order valence-corrected chi connectivity index (χ1v) is 13.1. The van der Waals surface area contributed by atoms with Crippen LogP contribution in [0.5, 0.6) is 11.5 Å². The van der Waals surface area contributed by atoms with Crippen LogP contribution in [0.2, 0.25) is 0 Å². The largest absolute Gasteiger partial charge is 0.486 e. The zero-order valence-electron chi connectivity index (χ0n) is 17.7. The average Bonchev–Trinajstić information content (AvgIpc) is 3.51. The number of rotatable bonds is 6. The van der Waals surface area contributed by atoms with Crippen LogP contribution in [-0.4, -0.2) is 38.6 Å². The van der Waals surface area contributed by atoms with E-state index >= 15 is 0 Å². The molecule has 0 spiro atoms. The molecule has 2 heterocycles. The van der Waals surface area contributed by atoms with Crippen molar-refractivity contribution in [1.29, 1.82) is 0 Å². The van der Waals surface area contributed by atoms with Gasteiger partial charge >= 0.3 is 0 Å². The van der Waals surface area contributed by atoms with Gasteiger partial charge in [0.25, 0.3) is 5.91 Å². The van der Waals surface area contributed by atoms with Crippen LogP contribution in [0.15, 0.2) is 52.7 Å². The fourth-order valence-electron chi connectivity index (χ4n) is 3.97. The molecule has 0 atom stereocenters. The first-order chi connectivity index (χ1) is 16.0. The Morgan fingerprint density at radius 2 is 1.82 bits per heavy atom. The first kappa shape index (κ1) is 21.9. The summed E-state index contributed by atoms with van der Waals surface area (Å²) < 4.78 is 39.3. The Bertz CT molecular complexity index is 1280. The number of carbonyl (C=O) groups is 1. The molecule has 0 bridgehead atoms. The normalized spacial score (nSPS) is 16.0. The zero-order chi connectivity index (χ0) is 22.8. The van der Waals surface area contributed by atoms with Crippen molar-refractivity contribution in [3.63, 3.8) is 0 Å². The number of nitrogens with zero attached hydrogens (tertiary/aromatic N) is 1. The quantitative estimate of drug-likeness (QED) is 0.546. The molecule has 2 aliphatic rings. The van der Waals surface area contributed by atoms with Gasteiger partial charge in [0.05, 0.1) is 10.6 Å². The van der Waals surface area contributed by atoms with Gasteiger partial charge in [-0.1, -0.05) is 18.9 Å². The van der Waals surface area contributed by atoms with Crippen LogP contribution in [0.1, 0.15) is 36.0 Å². The summed E-state index contributed by atoms with van der Waals surface area (Å²) in [4.78, 5) is 17.4. The third-order valence-electron chi connectivity index (χ3n) is 5.65. The van der Waals surface area contributed by atoms with Gasteiger partial charge in [-0.25, -0.2) is 18.1 Å². The number of carbonyl (C=O) groups excluding carboxylic acids is 1. The van der Waals surface area contributed by atoms with E-state index in [4.69, 9.17) is 9.47 Å². The summed E-state index contributed by atoms with van der Waals surface area (Å²) >= 11 is 1.29. The second kappa shape index (κ2) is 9.12. The summed E-state index contributed by atoms with van der Waals surface area (Å²) in [6, 6.07) is 11.6. The highest BCUT2D eigenvalue weighted by Gasteiger charge is 2.24. The van der Waals surface area contributed by atoms with Crippen molar-refractivity contribution in [2.24, 2.45) is 0 Å². The molecule has 172 valence electrons. The molecule has 1 aromatic heterocycles. The molecule has 10 heteroatoms. The van der Waals surface area contributed by atoms with Crippen molar-refractivity contribution in [3.8, 4) is 22.8 Å². The average molecular weight is 486 g/mol. The Balaban J connectivity index is 1.29. The van der Waals surface area contributed by atoms with E-state index < -0.39 is 15.9 Å². The number of hydrogen-bond acceptors (Lipinski definition) is 7. The number of thiazole rings is 1. The van der Waals surface area contributed by atoms with E-state index in [-0.39, 0.29) is 16.5 Å². The number of fused-ring (bicyclic) bond motifs is 1. The second-order valence-electron chi connectivity index (χ2n) is 7.98. The van der Waals surface area contributed by atoms with Crippen molar-refractivity contribution in [2.75, 3.05) is 18.5 Å². The molecule has 33 heavy (non-hydrogen) atoms. The van der Waals surface area contributed by atoms with E-state index in [1.54, 1.807) is 12.1 Å². The molecule has 0 saturated heterocycles. The molecule has 2 aromatic carbocycles. The van der Waals surface area contributed by atoms with E-state index in [1.807, 2.05) is 23.6 Å². The minimum Gasteiger partial charge on any atom is -0.486 e. The van der Waals surface area contributed by atoms with Crippen LogP contribution >= 0.6 is 11.3 Å². The van der Waals surface area contributed by atoms with Gasteiger partial charge in [-0.15, -0.1) is 11.3 Å². The number of sulfonamides is 1. The Morgan fingerprint density at radius 3 is 2.64 bits per heavy atom. The lowest BCUT2D eigenvalue weighted by Gasteiger charge is -2.18. The first-order valence-electron chi connectivity index (χ1n) is 10.8. The van der Waals surface area contributed by atoms with Gasteiger partial charge in [0.15, 0.2) is 16.6 Å². The third-order valence-corrected chi connectivity index (χ3v) is 7.92. The summed E-state index contributed by atoms with van der Waals surface area (Å²) in [6.07, 6.45) is 3.74. The highest BCUT2D eigenvalue weighted by atomic mass is 32.2. The van der Waals surface area contributed by atoms with Gasteiger partial charge in [-0.3, -0.25) is 10.1 Å². The topological polar surface area (TPSA) is 107 Å². The van der Waals surface area contributed by atoms with Crippen LogP contribution in [0.25, 0.3) is 11.3 Å². The maximum Gasteiger partial charge on any atom is 0.257 e. The second-order valence-corrected chi connectivity index (χ2v) is 10.6. The zero-order valence-corrected chi connectivity index (χ0v) is 19.4. The van der Waals surface area contributed by atoms with Crippen molar-refractivity contribution < 1.29 is 22.7 Å². The predicted molar refractivity (Wildman–Crippen MR) is 126 cm³/mol. The van der Waals surface area contributed by atoms with Gasteiger partial charge < -0.3 is 9.47 Å². The van der Waals surface area contributed by atoms with Gasteiger partial charge in [0.1, 0.15) is 13.2 Å². The Labute approximate surface area is 196 Å². The molecule has 0 unspecified atom stereocenters. The number of anilines is 1. The van der Waals surface area contributed by atoms with Crippen LogP contribution in [0, 0.1) is 0 Å². The number of hydrogen-bond donors (Lipinski definition) is 2. The predicted octanol–water partition coefficient (Wildman–Crippen LogP) is 4.05.